The van der Waals surface area contributed by atoms with Gasteiger partial charge in [0.2, 0.25) is 0 Å². The van der Waals surface area contributed by atoms with Gasteiger partial charge in [-0.05, 0) is 44.2 Å². The van der Waals surface area contributed by atoms with E-state index in [9.17, 15) is 5.26 Å². The fraction of sp³-hybridized carbons (Fsp3) is 0.923. The second-order valence-corrected chi connectivity index (χ2v) is 6.90. The first-order valence-corrected chi connectivity index (χ1v) is 5.71. The van der Waals surface area contributed by atoms with Crippen molar-refractivity contribution >= 4 is 0 Å². The molecule has 1 fully saturated rings. The Bertz CT molecular complexity index is 265. The molecule has 1 aliphatic rings. The van der Waals surface area contributed by atoms with Gasteiger partial charge in [0, 0.05) is 0 Å². The lowest BCUT2D eigenvalue weighted by Gasteiger charge is -2.51. The Morgan fingerprint density at radius 3 is 1.60 bits per heavy atom. The highest BCUT2D eigenvalue weighted by molar-refractivity contribution is 5.14. The minimum Gasteiger partial charge on any atom is -0.292 e. The molecule has 0 saturated heterocycles. The van der Waals surface area contributed by atoms with E-state index in [-0.39, 0.29) is 16.4 Å². The maximum Gasteiger partial charge on any atom is 0.109 e. The van der Waals surface area contributed by atoms with Gasteiger partial charge >= 0.3 is 0 Å². The molecule has 0 aromatic heterocycles. The third-order valence-electron chi connectivity index (χ3n) is 3.56. The van der Waals surface area contributed by atoms with Crippen LogP contribution in [0, 0.1) is 22.2 Å². The zero-order chi connectivity index (χ0) is 11.9. The van der Waals surface area contributed by atoms with Crippen molar-refractivity contribution < 1.29 is 0 Å². The first kappa shape index (κ1) is 12.5. The molecule has 0 amide bonds. The molecule has 1 aliphatic carbocycles. The monoisotopic (exact) mass is 208 g/mol. The van der Waals surface area contributed by atoms with Crippen molar-refractivity contribution in [2.24, 2.45) is 10.8 Å². The van der Waals surface area contributed by atoms with Gasteiger partial charge < -0.3 is 0 Å². The lowest BCUT2D eigenvalue weighted by atomic mass is 9.58. The van der Waals surface area contributed by atoms with Crippen molar-refractivity contribution in [2.75, 3.05) is 14.1 Å². The summed E-state index contributed by atoms with van der Waals surface area (Å²) in [5.74, 6) is 0. The van der Waals surface area contributed by atoms with Crippen LogP contribution in [-0.2, 0) is 0 Å². The number of nitrogens with zero attached hydrogens (tertiary/aromatic N) is 2. The lowest BCUT2D eigenvalue weighted by molar-refractivity contribution is 0.00653. The fourth-order valence-corrected chi connectivity index (χ4v) is 3.56. The molecule has 0 radical (unpaired) electrons. The van der Waals surface area contributed by atoms with Gasteiger partial charge in [0.1, 0.15) is 5.54 Å². The zero-order valence-electron chi connectivity index (χ0n) is 11.0. The van der Waals surface area contributed by atoms with Gasteiger partial charge in [0.05, 0.1) is 6.07 Å². The summed E-state index contributed by atoms with van der Waals surface area (Å²) in [5, 5.41) is 9.48. The van der Waals surface area contributed by atoms with Gasteiger partial charge in [0.15, 0.2) is 0 Å². The van der Waals surface area contributed by atoms with Crippen LogP contribution in [0.3, 0.4) is 0 Å². The molecule has 2 heteroatoms. The van der Waals surface area contributed by atoms with Gasteiger partial charge in [-0.2, -0.15) is 5.26 Å². The standard InChI is InChI=1S/C13H24N2/c1-11(2)7-12(3,4)9-13(8-11,10-14)15(5)6/h7-9H2,1-6H3. The van der Waals surface area contributed by atoms with E-state index < -0.39 is 0 Å². The highest BCUT2D eigenvalue weighted by atomic mass is 15.1. The second-order valence-electron chi connectivity index (χ2n) is 6.90. The Morgan fingerprint density at radius 2 is 1.33 bits per heavy atom. The van der Waals surface area contributed by atoms with Crippen molar-refractivity contribution in [2.45, 2.75) is 52.5 Å². The van der Waals surface area contributed by atoms with Crippen molar-refractivity contribution in [3.63, 3.8) is 0 Å². The normalized spacial score (nSPS) is 27.3. The van der Waals surface area contributed by atoms with E-state index in [1.807, 2.05) is 14.1 Å². The largest absolute Gasteiger partial charge is 0.292 e. The SMILES string of the molecule is CN(C)C1(C#N)CC(C)(C)CC(C)(C)C1. The fourth-order valence-electron chi connectivity index (χ4n) is 3.56. The molecule has 1 saturated carbocycles. The molecular weight excluding hydrogens is 184 g/mol. The number of hydrogen-bond donors (Lipinski definition) is 0. The summed E-state index contributed by atoms with van der Waals surface area (Å²) in [7, 11) is 4.06. The Kier molecular flexibility index (Phi) is 2.91. The Hall–Kier alpha value is -0.550. The number of hydrogen-bond acceptors (Lipinski definition) is 2. The van der Waals surface area contributed by atoms with E-state index in [2.05, 4.69) is 38.7 Å². The van der Waals surface area contributed by atoms with Crippen LogP contribution < -0.4 is 0 Å². The van der Waals surface area contributed by atoms with Crippen LogP contribution in [-0.4, -0.2) is 24.5 Å². The molecule has 1 rings (SSSR count). The number of nitriles is 1. The summed E-state index contributed by atoms with van der Waals surface area (Å²) >= 11 is 0. The van der Waals surface area contributed by atoms with Gasteiger partial charge in [-0.1, -0.05) is 27.7 Å². The van der Waals surface area contributed by atoms with E-state index in [0.29, 0.717) is 0 Å². The van der Waals surface area contributed by atoms with Gasteiger partial charge in [-0.3, -0.25) is 4.90 Å². The van der Waals surface area contributed by atoms with Crippen LogP contribution in [0.15, 0.2) is 0 Å². The summed E-state index contributed by atoms with van der Waals surface area (Å²) in [4.78, 5) is 2.11. The number of rotatable bonds is 1. The molecule has 0 spiro atoms. The van der Waals surface area contributed by atoms with Crippen molar-refractivity contribution in [1.29, 1.82) is 5.26 Å². The van der Waals surface area contributed by atoms with Crippen LogP contribution in [0.4, 0.5) is 0 Å². The maximum atomic E-state index is 9.48. The highest BCUT2D eigenvalue weighted by Crippen LogP contribution is 2.51. The van der Waals surface area contributed by atoms with E-state index in [1.165, 1.54) is 6.42 Å². The predicted molar refractivity (Wildman–Crippen MR) is 63.4 cm³/mol. The van der Waals surface area contributed by atoms with Crippen LogP contribution in [0.1, 0.15) is 47.0 Å². The summed E-state index contributed by atoms with van der Waals surface area (Å²) < 4.78 is 0. The zero-order valence-corrected chi connectivity index (χ0v) is 11.0. The van der Waals surface area contributed by atoms with Crippen molar-refractivity contribution in [1.82, 2.24) is 4.90 Å². The van der Waals surface area contributed by atoms with Crippen LogP contribution in [0.5, 0.6) is 0 Å². The van der Waals surface area contributed by atoms with E-state index in [1.54, 1.807) is 0 Å². The van der Waals surface area contributed by atoms with E-state index >= 15 is 0 Å². The summed E-state index contributed by atoms with van der Waals surface area (Å²) in [6.07, 6.45) is 3.16. The average molecular weight is 208 g/mol. The Labute approximate surface area is 94.3 Å². The van der Waals surface area contributed by atoms with Gasteiger partial charge in [-0.15, -0.1) is 0 Å². The van der Waals surface area contributed by atoms with Crippen LogP contribution in [0.2, 0.25) is 0 Å². The minimum atomic E-state index is -0.273. The molecule has 15 heavy (non-hydrogen) atoms. The predicted octanol–water partition coefficient (Wildman–Crippen LogP) is 3.05. The molecule has 0 aliphatic heterocycles. The first-order chi connectivity index (χ1) is 6.63. The first-order valence-electron chi connectivity index (χ1n) is 5.71. The minimum absolute atomic E-state index is 0.266. The smallest absolute Gasteiger partial charge is 0.109 e. The summed E-state index contributed by atoms with van der Waals surface area (Å²) in [6, 6.07) is 2.55. The third kappa shape index (κ3) is 2.52. The molecule has 2 nitrogen and oxygen atoms in total. The van der Waals surface area contributed by atoms with Crippen LogP contribution >= 0.6 is 0 Å². The summed E-state index contributed by atoms with van der Waals surface area (Å²) in [5.41, 5.74) is 0.259. The Morgan fingerprint density at radius 1 is 0.933 bits per heavy atom. The molecule has 0 aromatic carbocycles. The summed E-state index contributed by atoms with van der Waals surface area (Å²) in [6.45, 7) is 9.12. The average Bonchev–Trinajstić information content (AvgIpc) is 1.97. The third-order valence-corrected chi connectivity index (χ3v) is 3.56. The topological polar surface area (TPSA) is 27.0 Å². The molecule has 0 atom stereocenters. The van der Waals surface area contributed by atoms with Crippen molar-refractivity contribution in [3.05, 3.63) is 0 Å². The molecule has 0 N–H and O–H groups in total. The molecular formula is C13H24N2. The van der Waals surface area contributed by atoms with Crippen molar-refractivity contribution in [3.8, 4) is 6.07 Å². The molecule has 0 unspecified atom stereocenters. The molecule has 0 aromatic rings. The lowest BCUT2D eigenvalue weighted by Crippen LogP contribution is -2.53. The van der Waals surface area contributed by atoms with Crippen LogP contribution in [0.25, 0.3) is 0 Å². The van der Waals surface area contributed by atoms with E-state index in [0.717, 1.165) is 12.8 Å². The maximum absolute atomic E-state index is 9.48. The van der Waals surface area contributed by atoms with Gasteiger partial charge in [0.25, 0.3) is 0 Å². The molecule has 0 bridgehead atoms. The molecule has 86 valence electrons. The second kappa shape index (κ2) is 3.49. The Balaban J connectivity index is 3.07. The quantitative estimate of drug-likeness (QED) is 0.662. The van der Waals surface area contributed by atoms with Gasteiger partial charge in [-0.25, -0.2) is 0 Å². The molecule has 0 heterocycles. The van der Waals surface area contributed by atoms with E-state index in [4.69, 9.17) is 0 Å². The highest BCUT2D eigenvalue weighted by Gasteiger charge is 2.48.